The number of anilines is 1. The highest BCUT2D eigenvalue weighted by molar-refractivity contribution is 6.38. The van der Waals surface area contributed by atoms with Crippen LogP contribution in [0.1, 0.15) is 5.56 Å². The van der Waals surface area contributed by atoms with Crippen molar-refractivity contribution >= 4 is 34.8 Å². The molecule has 2 amide bonds. The number of halogens is 1. The van der Waals surface area contributed by atoms with E-state index in [0.717, 1.165) is 4.90 Å². The van der Waals surface area contributed by atoms with E-state index in [0.29, 0.717) is 33.5 Å². The van der Waals surface area contributed by atoms with Crippen molar-refractivity contribution in [3.05, 3.63) is 53.1 Å². The first-order valence-electron chi connectivity index (χ1n) is 8.15. The summed E-state index contributed by atoms with van der Waals surface area (Å²) < 4.78 is 10.5. The third kappa shape index (κ3) is 2.62. The first-order chi connectivity index (χ1) is 13.1. The van der Waals surface area contributed by atoms with Crippen LogP contribution >= 0.6 is 11.6 Å². The number of carbonyl (C=O) groups is 2. The van der Waals surface area contributed by atoms with Crippen molar-refractivity contribution in [2.45, 2.75) is 6.10 Å². The monoisotopic (exact) mass is 386 g/mol. The molecule has 2 aliphatic rings. The maximum atomic E-state index is 13.2. The number of benzene rings is 2. The Morgan fingerprint density at radius 1 is 1.07 bits per heavy atom. The summed E-state index contributed by atoms with van der Waals surface area (Å²) in [4.78, 5) is 32.4. The number of hydrogen-bond donors (Lipinski definition) is 0. The Kier molecular flexibility index (Phi) is 4.24. The summed E-state index contributed by atoms with van der Waals surface area (Å²) in [6.45, 7) is 0. The second-order valence-corrected chi connectivity index (χ2v) is 6.42. The van der Waals surface area contributed by atoms with Crippen LogP contribution in [0.2, 0.25) is 5.02 Å². The first-order valence-corrected chi connectivity index (χ1v) is 8.53. The van der Waals surface area contributed by atoms with Gasteiger partial charge in [0.05, 0.1) is 19.9 Å². The van der Waals surface area contributed by atoms with Crippen LogP contribution in [0.25, 0.3) is 0 Å². The number of nitrogens with zero attached hydrogens (tertiary/aromatic N) is 2. The Balaban J connectivity index is 1.76. The van der Waals surface area contributed by atoms with E-state index < -0.39 is 23.8 Å². The molecule has 2 aliphatic heterocycles. The molecule has 7 nitrogen and oxygen atoms in total. The van der Waals surface area contributed by atoms with Crippen LogP contribution < -0.4 is 14.4 Å². The summed E-state index contributed by atoms with van der Waals surface area (Å²) >= 11 is 6.24. The van der Waals surface area contributed by atoms with Crippen molar-refractivity contribution < 1.29 is 23.9 Å². The molecule has 0 spiro atoms. The highest BCUT2D eigenvalue weighted by atomic mass is 35.5. The number of carbonyl (C=O) groups excluding carboxylic acids is 2. The van der Waals surface area contributed by atoms with Gasteiger partial charge in [-0.3, -0.25) is 9.59 Å². The molecule has 138 valence electrons. The Morgan fingerprint density at radius 2 is 1.85 bits per heavy atom. The zero-order chi connectivity index (χ0) is 19.1. The number of rotatable bonds is 4. The van der Waals surface area contributed by atoms with Crippen LogP contribution in [0, 0.1) is 5.92 Å². The summed E-state index contributed by atoms with van der Waals surface area (Å²) in [7, 11) is 2.96. The van der Waals surface area contributed by atoms with E-state index in [4.69, 9.17) is 25.9 Å². The van der Waals surface area contributed by atoms with Crippen molar-refractivity contribution in [3.8, 4) is 11.5 Å². The number of fused-ring (bicyclic) bond motifs is 1. The first kappa shape index (κ1) is 17.4. The third-order valence-electron chi connectivity index (χ3n) is 4.59. The molecule has 0 bridgehead atoms. The highest BCUT2D eigenvalue weighted by Gasteiger charge is 2.56. The Labute approximate surface area is 160 Å². The lowest BCUT2D eigenvalue weighted by Gasteiger charge is -2.19. The SMILES string of the molecule is COc1ccc(OC)c(N2C(=O)[C@@H]3C(c4ccccc4Cl)=NO[C@H]3C2=O)c1. The predicted octanol–water partition coefficient (Wildman–Crippen LogP) is 2.65. The van der Waals surface area contributed by atoms with E-state index in [1.54, 1.807) is 42.5 Å². The number of hydrogen-bond acceptors (Lipinski definition) is 6. The van der Waals surface area contributed by atoms with Gasteiger partial charge in [-0.1, -0.05) is 35.0 Å². The van der Waals surface area contributed by atoms with Crippen LogP contribution in [0.3, 0.4) is 0 Å². The van der Waals surface area contributed by atoms with Gasteiger partial charge in [-0.2, -0.15) is 0 Å². The molecule has 0 N–H and O–H groups in total. The fourth-order valence-corrected chi connectivity index (χ4v) is 3.51. The van der Waals surface area contributed by atoms with Crippen LogP contribution in [-0.2, 0) is 14.4 Å². The standard InChI is InChI=1S/C19H15ClN2O5/c1-25-10-7-8-14(26-2)13(9-10)22-18(23)15-16(21-27-17(15)19(22)24)11-5-3-4-6-12(11)20/h3-9,15,17H,1-2H3/t15-,17-/m1/s1. The molecule has 0 radical (unpaired) electrons. The largest absolute Gasteiger partial charge is 0.497 e. The number of imide groups is 1. The lowest BCUT2D eigenvalue weighted by Crippen LogP contribution is -2.33. The highest BCUT2D eigenvalue weighted by Crippen LogP contribution is 2.40. The fourth-order valence-electron chi connectivity index (χ4n) is 3.28. The molecular formula is C19H15ClN2O5. The summed E-state index contributed by atoms with van der Waals surface area (Å²) in [6, 6.07) is 11.9. The summed E-state index contributed by atoms with van der Waals surface area (Å²) in [6.07, 6.45) is -1.03. The molecule has 4 rings (SSSR count). The van der Waals surface area contributed by atoms with E-state index in [1.807, 2.05) is 0 Å². The van der Waals surface area contributed by atoms with Gasteiger partial charge in [0.15, 0.2) is 0 Å². The molecular weight excluding hydrogens is 372 g/mol. The Bertz CT molecular complexity index is 974. The maximum absolute atomic E-state index is 13.2. The molecule has 0 saturated carbocycles. The number of amides is 2. The van der Waals surface area contributed by atoms with Crippen LogP contribution in [0.15, 0.2) is 47.6 Å². The second kappa shape index (κ2) is 6.59. The fraction of sp³-hybridized carbons (Fsp3) is 0.211. The molecule has 1 fully saturated rings. The van der Waals surface area contributed by atoms with Crippen LogP contribution in [-0.4, -0.2) is 37.8 Å². The smallest absolute Gasteiger partial charge is 0.279 e. The minimum absolute atomic E-state index is 0.295. The normalized spacial score (nSPS) is 21.0. The second-order valence-electron chi connectivity index (χ2n) is 6.01. The Morgan fingerprint density at radius 3 is 2.56 bits per heavy atom. The van der Waals surface area contributed by atoms with Gasteiger partial charge in [-0.25, -0.2) is 4.90 Å². The van der Waals surface area contributed by atoms with Gasteiger partial charge in [-0.05, 0) is 18.2 Å². The number of oxime groups is 1. The van der Waals surface area contributed by atoms with Gasteiger partial charge >= 0.3 is 0 Å². The van der Waals surface area contributed by atoms with E-state index in [-0.39, 0.29) is 0 Å². The van der Waals surface area contributed by atoms with E-state index in [1.165, 1.54) is 14.2 Å². The zero-order valence-electron chi connectivity index (χ0n) is 14.5. The molecule has 0 aromatic heterocycles. The molecule has 2 atom stereocenters. The topological polar surface area (TPSA) is 77.4 Å². The van der Waals surface area contributed by atoms with Gasteiger partial charge in [-0.15, -0.1) is 0 Å². The molecule has 27 heavy (non-hydrogen) atoms. The summed E-state index contributed by atoms with van der Waals surface area (Å²) in [5.41, 5.74) is 1.20. The van der Waals surface area contributed by atoms with Gasteiger partial charge < -0.3 is 14.3 Å². The van der Waals surface area contributed by atoms with Crippen molar-refractivity contribution in [1.29, 1.82) is 0 Å². The van der Waals surface area contributed by atoms with Gasteiger partial charge in [0.25, 0.3) is 5.91 Å². The van der Waals surface area contributed by atoms with Crippen LogP contribution in [0.4, 0.5) is 5.69 Å². The lowest BCUT2D eigenvalue weighted by atomic mass is 9.94. The predicted molar refractivity (Wildman–Crippen MR) is 98.4 cm³/mol. The summed E-state index contributed by atoms with van der Waals surface area (Å²) in [5, 5.41) is 4.39. The van der Waals surface area contributed by atoms with Gasteiger partial charge in [0.2, 0.25) is 12.0 Å². The Hall–Kier alpha value is -3.06. The molecule has 2 aromatic carbocycles. The molecule has 0 aliphatic carbocycles. The van der Waals surface area contributed by atoms with Crippen molar-refractivity contribution in [2.75, 3.05) is 19.1 Å². The van der Waals surface area contributed by atoms with Crippen LogP contribution in [0.5, 0.6) is 11.5 Å². The molecule has 2 aromatic rings. The zero-order valence-corrected chi connectivity index (χ0v) is 15.3. The van der Waals surface area contributed by atoms with Gasteiger partial charge in [0.1, 0.15) is 23.1 Å². The van der Waals surface area contributed by atoms with E-state index in [2.05, 4.69) is 5.16 Å². The van der Waals surface area contributed by atoms with E-state index >= 15 is 0 Å². The van der Waals surface area contributed by atoms with Gasteiger partial charge in [0, 0.05) is 16.7 Å². The summed E-state index contributed by atoms with van der Waals surface area (Å²) in [5.74, 6) is -0.971. The quantitative estimate of drug-likeness (QED) is 0.755. The third-order valence-corrected chi connectivity index (χ3v) is 4.92. The maximum Gasteiger partial charge on any atom is 0.279 e. The minimum Gasteiger partial charge on any atom is -0.497 e. The van der Waals surface area contributed by atoms with Crippen molar-refractivity contribution in [1.82, 2.24) is 0 Å². The van der Waals surface area contributed by atoms with Crippen molar-refractivity contribution in [2.24, 2.45) is 11.1 Å². The lowest BCUT2D eigenvalue weighted by molar-refractivity contribution is -0.126. The molecule has 0 unspecified atom stereocenters. The molecule has 8 heteroatoms. The average molecular weight is 387 g/mol. The number of methoxy groups -OCH3 is 2. The van der Waals surface area contributed by atoms with E-state index in [9.17, 15) is 9.59 Å². The number of ether oxygens (including phenoxy) is 2. The molecule has 1 saturated heterocycles. The molecule has 2 heterocycles. The minimum atomic E-state index is -1.03. The average Bonchev–Trinajstić information content (AvgIpc) is 3.22. The van der Waals surface area contributed by atoms with Crippen molar-refractivity contribution in [3.63, 3.8) is 0 Å².